The Hall–Kier alpha value is -1.65. The number of ketones is 1. The number of Topliss-reactive ketones (excluding diaryl/α,β-unsaturated/α-hetero) is 1. The molecule has 1 rings (SSSR count). The van der Waals surface area contributed by atoms with Gasteiger partial charge in [0.15, 0.2) is 0 Å². The third kappa shape index (κ3) is 2.78. The second-order valence-electron chi connectivity index (χ2n) is 5.01. The lowest BCUT2D eigenvalue weighted by molar-refractivity contribution is -0.321. The molecule has 5 nitrogen and oxygen atoms in total. The number of carboxylic acids is 2. The molecule has 0 spiro atoms. The topological polar surface area (TPSA) is 97.3 Å². The maximum absolute atomic E-state index is 11.9. The zero-order chi connectivity index (χ0) is 13.9. The van der Waals surface area contributed by atoms with E-state index in [1.165, 1.54) is 0 Å². The minimum absolute atomic E-state index is 0.168. The number of carbonyl (C=O) groups is 3. The fourth-order valence-corrected chi connectivity index (χ4v) is 2.27. The summed E-state index contributed by atoms with van der Waals surface area (Å²) in [5.74, 6) is -3.68. The summed E-state index contributed by atoms with van der Waals surface area (Å²) in [5.41, 5.74) is -2.51. The normalized spacial score (nSPS) is 19.2. The molecule has 0 N–H and O–H groups in total. The monoisotopic (exact) mass is 252 g/mol. The van der Waals surface area contributed by atoms with Crippen molar-refractivity contribution in [2.45, 2.75) is 39.0 Å². The fourth-order valence-electron chi connectivity index (χ4n) is 2.27. The van der Waals surface area contributed by atoms with Crippen LogP contribution in [0.3, 0.4) is 0 Å². The van der Waals surface area contributed by atoms with Crippen LogP contribution in [0.2, 0.25) is 0 Å². The van der Waals surface area contributed by atoms with Gasteiger partial charge in [-0.1, -0.05) is 19.4 Å². The molecule has 1 aliphatic rings. The van der Waals surface area contributed by atoms with Gasteiger partial charge in [0.1, 0.15) is 5.78 Å². The highest BCUT2D eigenvalue weighted by Crippen LogP contribution is 2.34. The van der Waals surface area contributed by atoms with Crippen molar-refractivity contribution in [2.24, 2.45) is 11.3 Å². The van der Waals surface area contributed by atoms with Gasteiger partial charge in [-0.3, -0.25) is 4.79 Å². The first kappa shape index (κ1) is 14.4. The van der Waals surface area contributed by atoms with Gasteiger partial charge in [0, 0.05) is 17.8 Å². The molecule has 0 heterocycles. The summed E-state index contributed by atoms with van der Waals surface area (Å²) < 4.78 is 0. The molecule has 1 atom stereocenters. The van der Waals surface area contributed by atoms with Crippen molar-refractivity contribution in [3.05, 3.63) is 12.2 Å². The smallest absolute Gasteiger partial charge is 0.137 e. The first-order chi connectivity index (χ1) is 8.29. The van der Waals surface area contributed by atoms with Crippen LogP contribution in [0.15, 0.2) is 12.2 Å². The number of aliphatic carboxylic acids is 2. The van der Waals surface area contributed by atoms with Crippen LogP contribution in [0.5, 0.6) is 0 Å². The van der Waals surface area contributed by atoms with Gasteiger partial charge in [0.2, 0.25) is 0 Å². The Balaban J connectivity index is 2.86. The third-order valence-corrected chi connectivity index (χ3v) is 3.70. The minimum Gasteiger partial charge on any atom is -0.549 e. The van der Waals surface area contributed by atoms with E-state index in [0.29, 0.717) is 0 Å². The van der Waals surface area contributed by atoms with E-state index in [1.807, 2.05) is 0 Å². The number of carboxylic acid groups (broad SMARTS) is 2. The van der Waals surface area contributed by atoms with Crippen LogP contribution in [0.4, 0.5) is 0 Å². The molecule has 0 aromatic rings. The number of carbonyl (C=O) groups excluding carboxylic acids is 3. The van der Waals surface area contributed by atoms with Crippen molar-refractivity contribution >= 4 is 17.7 Å². The van der Waals surface area contributed by atoms with Crippen LogP contribution < -0.4 is 10.2 Å². The lowest BCUT2D eigenvalue weighted by atomic mass is 9.76. The number of hydrogen-bond acceptors (Lipinski definition) is 5. The highest BCUT2D eigenvalue weighted by atomic mass is 16.4. The van der Waals surface area contributed by atoms with E-state index in [4.69, 9.17) is 0 Å². The Morgan fingerprint density at radius 3 is 2.11 bits per heavy atom. The molecule has 0 radical (unpaired) electrons. The molecule has 1 aliphatic carbocycles. The fraction of sp³-hybridized carbons (Fsp3) is 0.615. The second kappa shape index (κ2) is 5.33. The molecule has 1 fully saturated rings. The van der Waals surface area contributed by atoms with E-state index in [0.717, 1.165) is 32.6 Å². The Morgan fingerprint density at radius 1 is 1.22 bits per heavy atom. The maximum atomic E-state index is 11.9. The van der Waals surface area contributed by atoms with Gasteiger partial charge in [-0.15, -0.1) is 0 Å². The van der Waals surface area contributed by atoms with Gasteiger partial charge in [-0.05, 0) is 25.3 Å². The van der Waals surface area contributed by atoms with E-state index in [1.54, 1.807) is 0 Å². The van der Waals surface area contributed by atoms with Crippen LogP contribution in [0.25, 0.3) is 0 Å². The van der Waals surface area contributed by atoms with Gasteiger partial charge >= 0.3 is 0 Å². The van der Waals surface area contributed by atoms with Gasteiger partial charge < -0.3 is 19.8 Å². The third-order valence-electron chi connectivity index (χ3n) is 3.70. The van der Waals surface area contributed by atoms with E-state index < -0.39 is 29.3 Å². The lowest BCUT2D eigenvalue weighted by Crippen LogP contribution is -2.47. The zero-order valence-corrected chi connectivity index (χ0v) is 10.4. The minimum atomic E-state index is -1.89. The molecule has 0 amide bonds. The average Bonchev–Trinajstić information content (AvgIpc) is 2.80. The molecule has 0 saturated heterocycles. The predicted molar refractivity (Wildman–Crippen MR) is 58.8 cm³/mol. The second-order valence-corrected chi connectivity index (χ2v) is 5.01. The number of hydrogen-bond donors (Lipinski definition) is 0. The zero-order valence-electron chi connectivity index (χ0n) is 10.4. The van der Waals surface area contributed by atoms with Crippen molar-refractivity contribution in [1.82, 2.24) is 0 Å². The molecule has 0 aliphatic heterocycles. The molecular formula is C13H16O5-2. The molecule has 0 bridgehead atoms. The number of rotatable bonds is 6. The van der Waals surface area contributed by atoms with Crippen LogP contribution >= 0.6 is 0 Å². The molecule has 1 unspecified atom stereocenters. The van der Waals surface area contributed by atoms with E-state index >= 15 is 0 Å². The lowest BCUT2D eigenvalue weighted by Gasteiger charge is -2.33. The van der Waals surface area contributed by atoms with Crippen molar-refractivity contribution in [2.75, 3.05) is 0 Å². The SMILES string of the molecule is C=C(C(=O)[O-])C(C)(CC(=O)C1CCCC1)C(=O)[O-]. The van der Waals surface area contributed by atoms with Crippen LogP contribution in [-0.4, -0.2) is 17.7 Å². The van der Waals surface area contributed by atoms with Crippen LogP contribution in [-0.2, 0) is 14.4 Å². The van der Waals surface area contributed by atoms with Gasteiger partial charge in [0.25, 0.3) is 0 Å². The van der Waals surface area contributed by atoms with E-state index in [-0.39, 0.29) is 11.7 Å². The molecule has 1 saturated carbocycles. The van der Waals surface area contributed by atoms with Crippen LogP contribution in [0.1, 0.15) is 39.0 Å². The molecular weight excluding hydrogens is 236 g/mol. The molecule has 0 aromatic heterocycles. The first-order valence-electron chi connectivity index (χ1n) is 5.94. The standard InChI is InChI=1S/C13H18O5/c1-8(11(15)16)13(2,12(17)18)7-10(14)9-5-3-4-6-9/h9H,1,3-7H2,2H3,(H,15,16)(H,17,18)/p-2. The molecule has 18 heavy (non-hydrogen) atoms. The Morgan fingerprint density at radius 2 is 1.72 bits per heavy atom. The van der Waals surface area contributed by atoms with Crippen molar-refractivity contribution < 1.29 is 24.6 Å². The average molecular weight is 252 g/mol. The summed E-state index contributed by atoms with van der Waals surface area (Å²) in [6, 6.07) is 0. The van der Waals surface area contributed by atoms with Crippen LogP contribution in [0, 0.1) is 11.3 Å². The van der Waals surface area contributed by atoms with Gasteiger partial charge in [0.05, 0.1) is 11.9 Å². The highest BCUT2D eigenvalue weighted by molar-refractivity contribution is 5.97. The first-order valence-corrected chi connectivity index (χ1v) is 5.94. The largest absolute Gasteiger partial charge is 0.549 e. The summed E-state index contributed by atoms with van der Waals surface area (Å²) >= 11 is 0. The maximum Gasteiger partial charge on any atom is 0.137 e. The van der Waals surface area contributed by atoms with E-state index in [9.17, 15) is 24.6 Å². The Labute approximate surface area is 105 Å². The highest BCUT2D eigenvalue weighted by Gasteiger charge is 2.35. The quantitative estimate of drug-likeness (QED) is 0.576. The Bertz CT molecular complexity index is 392. The van der Waals surface area contributed by atoms with Crippen molar-refractivity contribution in [1.29, 1.82) is 0 Å². The van der Waals surface area contributed by atoms with Crippen molar-refractivity contribution in [3.63, 3.8) is 0 Å². The van der Waals surface area contributed by atoms with Gasteiger partial charge in [-0.2, -0.15) is 0 Å². The molecule has 0 aromatic carbocycles. The summed E-state index contributed by atoms with van der Waals surface area (Å²) in [6.07, 6.45) is 2.96. The van der Waals surface area contributed by atoms with Crippen molar-refractivity contribution in [3.8, 4) is 0 Å². The van der Waals surface area contributed by atoms with E-state index in [2.05, 4.69) is 6.58 Å². The molecule has 5 heteroatoms. The molecule has 100 valence electrons. The summed E-state index contributed by atoms with van der Waals surface area (Å²) in [5, 5.41) is 21.8. The summed E-state index contributed by atoms with van der Waals surface area (Å²) in [6.45, 7) is 4.34. The summed E-state index contributed by atoms with van der Waals surface area (Å²) in [7, 11) is 0. The van der Waals surface area contributed by atoms with Gasteiger partial charge in [-0.25, -0.2) is 0 Å². The predicted octanol–water partition coefficient (Wildman–Crippen LogP) is -0.802. The Kier molecular flexibility index (Phi) is 4.27. The summed E-state index contributed by atoms with van der Waals surface area (Å²) in [4.78, 5) is 33.8.